The summed E-state index contributed by atoms with van der Waals surface area (Å²) in [6, 6.07) is 20.7. The summed E-state index contributed by atoms with van der Waals surface area (Å²) >= 11 is 0. The Bertz CT molecular complexity index is 809. The van der Waals surface area contributed by atoms with Gasteiger partial charge in [-0.3, -0.25) is 4.98 Å². The molecule has 0 atom stereocenters. The third kappa shape index (κ3) is 7.71. The molecule has 0 bridgehead atoms. The summed E-state index contributed by atoms with van der Waals surface area (Å²) in [5, 5.41) is 0. The second kappa shape index (κ2) is 13.6. The number of ether oxygens (including phenoxy) is 2. The van der Waals surface area contributed by atoms with Crippen LogP contribution in [0.25, 0.3) is 22.4 Å². The molecule has 0 amide bonds. The smallest absolute Gasteiger partial charge is 0.119 e. The van der Waals surface area contributed by atoms with Gasteiger partial charge in [0.25, 0.3) is 0 Å². The molecule has 0 radical (unpaired) electrons. The first-order valence-corrected chi connectivity index (χ1v) is 12.2. The average Bonchev–Trinajstić information content (AvgIpc) is 2.85. The minimum atomic E-state index is 0.787. The topological polar surface area (TPSA) is 31.4 Å². The Morgan fingerprint density at radius 3 is 1.50 bits per heavy atom. The van der Waals surface area contributed by atoms with Gasteiger partial charge in [0.1, 0.15) is 11.5 Å². The van der Waals surface area contributed by atoms with Gasteiger partial charge in [0.05, 0.1) is 18.9 Å². The molecule has 0 aliphatic carbocycles. The maximum Gasteiger partial charge on any atom is 0.119 e. The van der Waals surface area contributed by atoms with Gasteiger partial charge in [-0.25, -0.2) is 0 Å². The molecule has 0 saturated carbocycles. The molecular formula is C29H37NO2. The van der Waals surface area contributed by atoms with E-state index >= 15 is 0 Å². The number of hydrogen-bond acceptors (Lipinski definition) is 3. The fraction of sp³-hybridized carbons (Fsp3) is 0.414. The molecule has 3 heteroatoms. The summed E-state index contributed by atoms with van der Waals surface area (Å²) in [5.41, 5.74) is 4.32. The first kappa shape index (κ1) is 23.8. The summed E-state index contributed by atoms with van der Waals surface area (Å²) in [7, 11) is 0. The maximum absolute atomic E-state index is 5.85. The number of unbranched alkanes of at least 4 members (excludes halogenated alkanes) is 6. The summed E-state index contributed by atoms with van der Waals surface area (Å²) in [4.78, 5) is 4.68. The van der Waals surface area contributed by atoms with E-state index < -0.39 is 0 Å². The Balaban J connectivity index is 1.51. The van der Waals surface area contributed by atoms with Gasteiger partial charge in [-0.2, -0.15) is 0 Å². The van der Waals surface area contributed by atoms with E-state index in [9.17, 15) is 0 Å². The van der Waals surface area contributed by atoms with Crippen molar-refractivity contribution in [2.75, 3.05) is 13.2 Å². The highest BCUT2D eigenvalue weighted by Gasteiger charge is 2.04. The minimum absolute atomic E-state index is 0.787. The predicted octanol–water partition coefficient (Wildman–Crippen LogP) is 8.33. The molecule has 0 N–H and O–H groups in total. The monoisotopic (exact) mass is 431 g/mol. The molecule has 170 valence electrons. The van der Waals surface area contributed by atoms with Crippen LogP contribution in [0.15, 0.2) is 66.9 Å². The Morgan fingerprint density at radius 1 is 0.531 bits per heavy atom. The van der Waals surface area contributed by atoms with E-state index in [1.165, 1.54) is 38.5 Å². The van der Waals surface area contributed by atoms with Crippen molar-refractivity contribution in [1.29, 1.82) is 0 Å². The van der Waals surface area contributed by atoms with Crippen LogP contribution in [0.4, 0.5) is 0 Å². The first-order chi connectivity index (χ1) is 15.8. The van der Waals surface area contributed by atoms with Crippen LogP contribution in [0.3, 0.4) is 0 Å². The molecule has 1 aromatic heterocycles. The van der Waals surface area contributed by atoms with Gasteiger partial charge in [0.15, 0.2) is 0 Å². The zero-order chi connectivity index (χ0) is 22.4. The second-order valence-corrected chi connectivity index (χ2v) is 8.30. The van der Waals surface area contributed by atoms with Crippen molar-refractivity contribution >= 4 is 0 Å². The van der Waals surface area contributed by atoms with Crippen molar-refractivity contribution in [3.63, 3.8) is 0 Å². The highest BCUT2D eigenvalue weighted by molar-refractivity contribution is 5.67. The van der Waals surface area contributed by atoms with E-state index in [-0.39, 0.29) is 0 Å². The maximum atomic E-state index is 5.85. The van der Waals surface area contributed by atoms with Crippen molar-refractivity contribution < 1.29 is 9.47 Å². The van der Waals surface area contributed by atoms with Crippen molar-refractivity contribution in [2.45, 2.75) is 65.2 Å². The predicted molar refractivity (Wildman–Crippen MR) is 134 cm³/mol. The van der Waals surface area contributed by atoms with Gasteiger partial charge < -0.3 is 9.47 Å². The van der Waals surface area contributed by atoms with Crippen LogP contribution in [0.1, 0.15) is 65.2 Å². The van der Waals surface area contributed by atoms with Gasteiger partial charge >= 0.3 is 0 Å². The molecule has 0 aliphatic rings. The molecule has 32 heavy (non-hydrogen) atoms. The lowest BCUT2D eigenvalue weighted by Gasteiger charge is -2.09. The van der Waals surface area contributed by atoms with Crippen molar-refractivity contribution in [2.24, 2.45) is 0 Å². The average molecular weight is 432 g/mol. The third-order valence-electron chi connectivity index (χ3n) is 5.63. The largest absolute Gasteiger partial charge is 0.494 e. The third-order valence-corrected chi connectivity index (χ3v) is 5.63. The summed E-state index contributed by atoms with van der Waals surface area (Å²) in [6.45, 7) is 6.03. The van der Waals surface area contributed by atoms with Gasteiger partial charge in [-0.15, -0.1) is 0 Å². The van der Waals surface area contributed by atoms with E-state index in [0.29, 0.717) is 0 Å². The number of rotatable bonds is 14. The number of pyridine rings is 1. The van der Waals surface area contributed by atoms with Crippen LogP contribution in [0.2, 0.25) is 0 Å². The lowest BCUT2D eigenvalue weighted by molar-refractivity contribution is 0.305. The van der Waals surface area contributed by atoms with Gasteiger partial charge in [-0.05, 0) is 60.9 Å². The molecule has 0 fully saturated rings. The van der Waals surface area contributed by atoms with E-state index in [2.05, 4.69) is 55.2 Å². The van der Waals surface area contributed by atoms with Gasteiger partial charge in [0.2, 0.25) is 0 Å². The standard InChI is InChI=1S/C29H37NO2/c1-3-5-7-9-21-31-27-16-11-24(12-17-27)26-15-20-29(30-23-26)25-13-18-28(19-14-25)32-22-10-8-6-4-2/h11-20,23H,3-10,21-22H2,1-2H3. The highest BCUT2D eigenvalue weighted by atomic mass is 16.5. The Hall–Kier alpha value is -2.81. The highest BCUT2D eigenvalue weighted by Crippen LogP contribution is 2.26. The van der Waals surface area contributed by atoms with Crippen LogP contribution in [0, 0.1) is 0 Å². The molecule has 0 saturated heterocycles. The molecule has 3 nitrogen and oxygen atoms in total. The summed E-state index contributed by atoms with van der Waals surface area (Å²) in [5.74, 6) is 1.86. The molecule has 1 heterocycles. The number of benzene rings is 2. The van der Waals surface area contributed by atoms with Gasteiger partial charge in [0, 0.05) is 17.3 Å². The fourth-order valence-electron chi connectivity index (χ4n) is 3.64. The normalized spacial score (nSPS) is 10.8. The van der Waals surface area contributed by atoms with Crippen LogP contribution >= 0.6 is 0 Å². The molecule has 3 aromatic rings. The minimum Gasteiger partial charge on any atom is -0.494 e. The van der Waals surface area contributed by atoms with Crippen LogP contribution < -0.4 is 9.47 Å². The first-order valence-electron chi connectivity index (χ1n) is 12.2. The second-order valence-electron chi connectivity index (χ2n) is 8.30. The lowest BCUT2D eigenvalue weighted by Crippen LogP contribution is -1.97. The van der Waals surface area contributed by atoms with Crippen LogP contribution in [0.5, 0.6) is 11.5 Å². The van der Waals surface area contributed by atoms with E-state index in [1.807, 2.05) is 30.5 Å². The van der Waals surface area contributed by atoms with Gasteiger partial charge in [-0.1, -0.05) is 70.6 Å². The molecule has 0 aliphatic heterocycles. The van der Waals surface area contributed by atoms with Crippen molar-refractivity contribution in [1.82, 2.24) is 4.98 Å². The molecule has 0 unspecified atom stereocenters. The molecule has 3 rings (SSSR count). The van der Waals surface area contributed by atoms with Crippen molar-refractivity contribution in [3.05, 3.63) is 66.9 Å². The van der Waals surface area contributed by atoms with E-state index in [1.54, 1.807) is 0 Å². The SMILES string of the molecule is CCCCCCOc1ccc(-c2ccc(-c3ccc(OCCCCCC)cc3)nc2)cc1. The quantitative estimate of drug-likeness (QED) is 0.240. The number of nitrogens with zero attached hydrogens (tertiary/aromatic N) is 1. The summed E-state index contributed by atoms with van der Waals surface area (Å²) < 4.78 is 11.7. The van der Waals surface area contributed by atoms with Crippen LogP contribution in [-0.2, 0) is 0 Å². The number of aromatic nitrogens is 1. The van der Waals surface area contributed by atoms with Crippen molar-refractivity contribution in [3.8, 4) is 33.9 Å². The van der Waals surface area contributed by atoms with E-state index in [4.69, 9.17) is 9.47 Å². The Labute approximate surface area is 193 Å². The molecule has 0 spiro atoms. The Morgan fingerprint density at radius 2 is 1.03 bits per heavy atom. The zero-order valence-corrected chi connectivity index (χ0v) is 19.7. The molecule has 2 aromatic carbocycles. The summed E-state index contributed by atoms with van der Waals surface area (Å²) in [6.07, 6.45) is 11.7. The van der Waals surface area contributed by atoms with E-state index in [0.717, 1.165) is 59.9 Å². The lowest BCUT2D eigenvalue weighted by atomic mass is 10.1. The molecular weight excluding hydrogens is 394 g/mol. The Kier molecular flexibility index (Phi) is 10.1. The van der Waals surface area contributed by atoms with Crippen LogP contribution in [-0.4, -0.2) is 18.2 Å². The zero-order valence-electron chi connectivity index (χ0n) is 19.7. The fourth-order valence-corrected chi connectivity index (χ4v) is 3.64. The number of hydrogen-bond donors (Lipinski definition) is 0.